The molecule has 0 spiro atoms. The lowest BCUT2D eigenvalue weighted by molar-refractivity contribution is -0.289. The van der Waals surface area contributed by atoms with Crippen LogP contribution in [-0.2, 0) is 33.3 Å². The number of ether oxygens (including phenoxy) is 5. The fourth-order valence-electron chi connectivity index (χ4n) is 3.35. The zero-order valence-electron chi connectivity index (χ0n) is 18.5. The first-order valence-corrected chi connectivity index (χ1v) is 10.4. The molecule has 0 amide bonds. The van der Waals surface area contributed by atoms with Crippen molar-refractivity contribution in [2.45, 2.75) is 44.6 Å². The fourth-order valence-corrected chi connectivity index (χ4v) is 3.35. The molecule has 10 nitrogen and oxygen atoms in total. The third-order valence-electron chi connectivity index (χ3n) is 4.87. The van der Waals surface area contributed by atoms with E-state index in [0.29, 0.717) is 0 Å². The summed E-state index contributed by atoms with van der Waals surface area (Å²) in [4.78, 5) is 48.7. The van der Waals surface area contributed by atoms with Gasteiger partial charge in [0.05, 0.1) is 11.1 Å². The zero-order valence-corrected chi connectivity index (χ0v) is 18.5. The van der Waals surface area contributed by atoms with E-state index in [1.54, 1.807) is 36.4 Å². The summed E-state index contributed by atoms with van der Waals surface area (Å²) in [6.07, 6.45) is -7.38. The Morgan fingerprint density at radius 3 is 1.71 bits per heavy atom. The molecular weight excluding hydrogens is 448 g/mol. The molecule has 0 aromatic heterocycles. The molecule has 1 fully saturated rings. The van der Waals surface area contributed by atoms with Crippen LogP contribution in [0.15, 0.2) is 60.7 Å². The standard InChI is InChI=1S/C24H24O10/c1-14(25)30-13-18-19(33-22(27)16-9-5-3-6-10-16)20(21(24(29)32-18)31-15(2)26)34-23(28)17-11-7-4-8-12-17/h3-12,18-21,24,29H,13H2,1-2H3/t18-,19-,20+,21+,24+/m1/s1. The van der Waals surface area contributed by atoms with Crippen LogP contribution in [0.1, 0.15) is 34.6 Å². The molecule has 0 unspecified atom stereocenters. The molecule has 1 saturated heterocycles. The largest absolute Gasteiger partial charge is 0.463 e. The van der Waals surface area contributed by atoms with Crippen LogP contribution in [-0.4, -0.2) is 66.3 Å². The third kappa shape index (κ3) is 6.40. The molecule has 0 bridgehead atoms. The maximum absolute atomic E-state index is 12.8. The van der Waals surface area contributed by atoms with Crippen molar-refractivity contribution < 1.29 is 48.0 Å². The highest BCUT2D eigenvalue weighted by Gasteiger charge is 2.52. The highest BCUT2D eigenvalue weighted by atomic mass is 16.7. The quantitative estimate of drug-likeness (QED) is 0.468. The molecule has 3 rings (SSSR count). The summed E-state index contributed by atoms with van der Waals surface area (Å²) >= 11 is 0. The molecule has 0 aliphatic carbocycles. The van der Waals surface area contributed by atoms with Crippen molar-refractivity contribution in [3.63, 3.8) is 0 Å². The van der Waals surface area contributed by atoms with Gasteiger partial charge in [-0.3, -0.25) is 9.59 Å². The number of carbonyl (C=O) groups excluding carboxylic acids is 4. The molecular formula is C24H24O10. The predicted octanol–water partition coefficient (Wildman–Crippen LogP) is 1.65. The maximum atomic E-state index is 12.8. The van der Waals surface area contributed by atoms with Crippen LogP contribution in [0.4, 0.5) is 0 Å². The van der Waals surface area contributed by atoms with E-state index in [1.807, 2.05) is 0 Å². The van der Waals surface area contributed by atoms with Crippen molar-refractivity contribution in [1.82, 2.24) is 0 Å². The van der Waals surface area contributed by atoms with Gasteiger partial charge in [0.15, 0.2) is 24.6 Å². The van der Waals surface area contributed by atoms with Gasteiger partial charge in [-0.05, 0) is 24.3 Å². The van der Waals surface area contributed by atoms with Crippen molar-refractivity contribution in [3.8, 4) is 0 Å². The molecule has 5 atom stereocenters. The second kappa shape index (κ2) is 11.4. The lowest BCUT2D eigenvalue weighted by atomic mass is 9.98. The van der Waals surface area contributed by atoms with Gasteiger partial charge in [-0.15, -0.1) is 0 Å². The molecule has 2 aromatic rings. The maximum Gasteiger partial charge on any atom is 0.338 e. The van der Waals surface area contributed by atoms with Gasteiger partial charge < -0.3 is 28.8 Å². The third-order valence-corrected chi connectivity index (χ3v) is 4.87. The first kappa shape index (κ1) is 24.9. The Labute approximate surface area is 195 Å². The van der Waals surface area contributed by atoms with Gasteiger partial charge in [-0.1, -0.05) is 36.4 Å². The summed E-state index contributed by atoms with van der Waals surface area (Å²) in [7, 11) is 0. The van der Waals surface area contributed by atoms with Gasteiger partial charge in [0.25, 0.3) is 0 Å². The van der Waals surface area contributed by atoms with Crippen molar-refractivity contribution in [2.75, 3.05) is 6.61 Å². The fraction of sp³-hybridized carbons (Fsp3) is 0.333. The number of rotatable bonds is 7. The van der Waals surface area contributed by atoms with E-state index >= 15 is 0 Å². The van der Waals surface area contributed by atoms with Crippen molar-refractivity contribution in [2.24, 2.45) is 0 Å². The molecule has 1 aliphatic heterocycles. The number of esters is 4. The van der Waals surface area contributed by atoms with Gasteiger partial charge in [0.1, 0.15) is 12.7 Å². The van der Waals surface area contributed by atoms with Gasteiger partial charge >= 0.3 is 23.9 Å². The first-order valence-electron chi connectivity index (χ1n) is 10.4. The van der Waals surface area contributed by atoms with E-state index in [9.17, 15) is 24.3 Å². The second-order valence-electron chi connectivity index (χ2n) is 7.41. The lowest BCUT2D eigenvalue weighted by Crippen LogP contribution is -2.62. The summed E-state index contributed by atoms with van der Waals surface area (Å²) in [5, 5.41) is 10.5. The summed E-state index contributed by atoms with van der Waals surface area (Å²) in [6.45, 7) is 1.84. The minimum Gasteiger partial charge on any atom is -0.463 e. The van der Waals surface area contributed by atoms with Crippen molar-refractivity contribution in [3.05, 3.63) is 71.8 Å². The molecule has 0 radical (unpaired) electrons. The van der Waals surface area contributed by atoms with E-state index in [-0.39, 0.29) is 11.1 Å². The molecule has 34 heavy (non-hydrogen) atoms. The number of carbonyl (C=O) groups is 4. The summed E-state index contributed by atoms with van der Waals surface area (Å²) in [5.74, 6) is -3.05. The Bertz CT molecular complexity index is 1010. The average molecular weight is 472 g/mol. The minimum atomic E-state index is -1.76. The Morgan fingerprint density at radius 2 is 1.24 bits per heavy atom. The molecule has 180 valence electrons. The smallest absolute Gasteiger partial charge is 0.338 e. The van der Waals surface area contributed by atoms with Gasteiger partial charge in [0.2, 0.25) is 0 Å². The minimum absolute atomic E-state index is 0.176. The van der Waals surface area contributed by atoms with Gasteiger partial charge in [-0.25, -0.2) is 9.59 Å². The topological polar surface area (TPSA) is 135 Å². The summed E-state index contributed by atoms with van der Waals surface area (Å²) < 4.78 is 26.8. The Balaban J connectivity index is 1.95. The number of hydrogen-bond acceptors (Lipinski definition) is 10. The Kier molecular flexibility index (Phi) is 8.34. The van der Waals surface area contributed by atoms with Crippen LogP contribution < -0.4 is 0 Å². The normalized spacial score (nSPS) is 23.9. The SMILES string of the molecule is CC(=O)OC[C@H]1O[C@H](O)[C@@H](OC(C)=O)[C@@H](OC(=O)c2ccccc2)[C@@H]1OC(=O)c1ccccc1. The van der Waals surface area contributed by atoms with E-state index in [2.05, 4.69) is 0 Å². The van der Waals surface area contributed by atoms with Crippen LogP contribution in [0.2, 0.25) is 0 Å². The molecule has 10 heteroatoms. The van der Waals surface area contributed by atoms with E-state index in [4.69, 9.17) is 23.7 Å². The highest BCUT2D eigenvalue weighted by molar-refractivity contribution is 5.90. The highest BCUT2D eigenvalue weighted by Crippen LogP contribution is 2.29. The monoisotopic (exact) mass is 472 g/mol. The van der Waals surface area contributed by atoms with Gasteiger partial charge in [0, 0.05) is 13.8 Å². The number of benzene rings is 2. The van der Waals surface area contributed by atoms with Gasteiger partial charge in [-0.2, -0.15) is 0 Å². The molecule has 1 heterocycles. The van der Waals surface area contributed by atoms with E-state index in [0.717, 1.165) is 6.92 Å². The Hall–Kier alpha value is -3.76. The van der Waals surface area contributed by atoms with Crippen LogP contribution in [0.5, 0.6) is 0 Å². The Morgan fingerprint density at radius 1 is 0.735 bits per heavy atom. The molecule has 2 aromatic carbocycles. The summed E-state index contributed by atoms with van der Waals surface area (Å²) in [6, 6.07) is 15.9. The molecule has 1 aliphatic rings. The van der Waals surface area contributed by atoms with Crippen LogP contribution in [0, 0.1) is 0 Å². The van der Waals surface area contributed by atoms with E-state index in [1.165, 1.54) is 31.2 Å². The van der Waals surface area contributed by atoms with Crippen LogP contribution >= 0.6 is 0 Å². The van der Waals surface area contributed by atoms with Crippen molar-refractivity contribution >= 4 is 23.9 Å². The van der Waals surface area contributed by atoms with Crippen LogP contribution in [0.3, 0.4) is 0 Å². The predicted molar refractivity (Wildman–Crippen MR) is 114 cm³/mol. The first-order chi connectivity index (χ1) is 16.3. The van der Waals surface area contributed by atoms with Crippen LogP contribution in [0.25, 0.3) is 0 Å². The zero-order chi connectivity index (χ0) is 24.7. The number of aliphatic hydroxyl groups is 1. The molecule has 1 N–H and O–H groups in total. The number of aliphatic hydroxyl groups excluding tert-OH is 1. The second-order valence-corrected chi connectivity index (χ2v) is 7.41. The lowest BCUT2D eigenvalue weighted by Gasteiger charge is -2.42. The summed E-state index contributed by atoms with van der Waals surface area (Å²) in [5.41, 5.74) is 0.367. The number of hydrogen-bond donors (Lipinski definition) is 1. The average Bonchev–Trinajstić information content (AvgIpc) is 2.82. The van der Waals surface area contributed by atoms with E-state index < -0.39 is 61.2 Å². The van der Waals surface area contributed by atoms with Crippen molar-refractivity contribution in [1.29, 1.82) is 0 Å². The molecule has 0 saturated carbocycles.